The van der Waals surface area contributed by atoms with Crippen molar-refractivity contribution >= 4 is 28.3 Å². The Kier molecular flexibility index (Phi) is 3.70. The molecule has 6 heterocycles. The minimum absolute atomic E-state index is 0.377. The summed E-state index contributed by atoms with van der Waals surface area (Å²) in [5, 5.41) is 0. The second-order valence-electron chi connectivity index (χ2n) is 7.66. The number of rotatable bonds is 2. The Bertz CT molecular complexity index is 1290. The molecule has 7 nitrogen and oxygen atoms in total. The summed E-state index contributed by atoms with van der Waals surface area (Å²) in [5.74, 6) is 1.00. The van der Waals surface area contributed by atoms with E-state index in [1.165, 1.54) is 0 Å². The Balaban J connectivity index is 1.57. The molecular formula is C22H20N6O. The third-order valence-corrected chi connectivity index (χ3v) is 5.87. The maximum Gasteiger partial charge on any atom is 0.115 e. The van der Waals surface area contributed by atoms with Crippen molar-refractivity contribution < 1.29 is 4.74 Å². The average Bonchev–Trinajstić information content (AvgIpc) is 3.37. The lowest BCUT2D eigenvalue weighted by Crippen LogP contribution is -2.20. The lowest BCUT2D eigenvalue weighted by atomic mass is 10.1. The number of pyridine rings is 3. The molecule has 4 aromatic rings. The molecule has 0 N–H and O–H groups in total. The van der Waals surface area contributed by atoms with Gasteiger partial charge in [0.05, 0.1) is 35.2 Å². The van der Waals surface area contributed by atoms with Crippen molar-refractivity contribution in [2.45, 2.75) is 32.4 Å². The van der Waals surface area contributed by atoms with Crippen molar-refractivity contribution in [2.75, 3.05) is 13.2 Å². The van der Waals surface area contributed by atoms with Gasteiger partial charge < -0.3 is 9.30 Å². The minimum Gasteiger partial charge on any atom is -0.381 e. The van der Waals surface area contributed by atoms with Crippen LogP contribution in [0.15, 0.2) is 35.6 Å². The fourth-order valence-electron chi connectivity index (χ4n) is 4.43. The third-order valence-electron chi connectivity index (χ3n) is 5.87. The molecule has 0 bridgehead atoms. The Morgan fingerprint density at radius 1 is 1.03 bits per heavy atom. The Hall–Kier alpha value is -3.19. The van der Waals surface area contributed by atoms with Crippen LogP contribution in [0.1, 0.15) is 36.0 Å². The predicted molar refractivity (Wildman–Crippen MR) is 111 cm³/mol. The molecule has 144 valence electrons. The van der Waals surface area contributed by atoms with Gasteiger partial charge in [-0.1, -0.05) is 0 Å². The van der Waals surface area contributed by atoms with E-state index >= 15 is 0 Å². The molecule has 0 saturated carbocycles. The summed E-state index contributed by atoms with van der Waals surface area (Å²) in [4.78, 5) is 23.3. The molecule has 7 heteroatoms. The molecule has 0 amide bonds. The number of hydrogen-bond donors (Lipinski definition) is 0. The first-order valence-corrected chi connectivity index (χ1v) is 9.99. The quantitative estimate of drug-likeness (QED) is 0.527. The van der Waals surface area contributed by atoms with Crippen molar-refractivity contribution in [2.24, 2.45) is 4.99 Å². The van der Waals surface area contributed by atoms with Gasteiger partial charge in [0, 0.05) is 42.8 Å². The fraction of sp³-hybridized carbons (Fsp3) is 0.318. The molecule has 0 unspecified atom stereocenters. The van der Waals surface area contributed by atoms with Crippen LogP contribution in [0.3, 0.4) is 0 Å². The highest BCUT2D eigenvalue weighted by Crippen LogP contribution is 2.32. The zero-order valence-corrected chi connectivity index (χ0v) is 16.2. The van der Waals surface area contributed by atoms with Crippen molar-refractivity contribution in [1.29, 1.82) is 0 Å². The Morgan fingerprint density at radius 3 is 2.83 bits per heavy atom. The van der Waals surface area contributed by atoms with Gasteiger partial charge in [-0.25, -0.2) is 9.97 Å². The van der Waals surface area contributed by atoms with E-state index in [0.29, 0.717) is 12.6 Å². The van der Waals surface area contributed by atoms with Crippen LogP contribution >= 0.6 is 0 Å². The van der Waals surface area contributed by atoms with Gasteiger partial charge in [0.25, 0.3) is 0 Å². The third kappa shape index (κ3) is 2.65. The van der Waals surface area contributed by atoms with Crippen LogP contribution in [-0.2, 0) is 11.3 Å². The van der Waals surface area contributed by atoms with Crippen molar-refractivity contribution in [1.82, 2.24) is 24.5 Å². The largest absolute Gasteiger partial charge is 0.381 e. The number of aliphatic imine (C=N–C) groups is 1. The maximum absolute atomic E-state index is 5.57. The maximum atomic E-state index is 5.57. The second-order valence-corrected chi connectivity index (χ2v) is 7.66. The lowest BCUT2D eigenvalue weighted by Gasteiger charge is -2.25. The monoisotopic (exact) mass is 384 g/mol. The number of imidazole rings is 1. The van der Waals surface area contributed by atoms with Crippen LogP contribution < -0.4 is 0 Å². The van der Waals surface area contributed by atoms with Crippen LogP contribution in [0.4, 0.5) is 0 Å². The average molecular weight is 384 g/mol. The molecule has 2 aliphatic heterocycles. The fourth-order valence-corrected chi connectivity index (χ4v) is 4.43. The second kappa shape index (κ2) is 6.42. The zero-order valence-electron chi connectivity index (χ0n) is 16.2. The number of nitrogens with zero attached hydrogens (tertiary/aromatic N) is 6. The van der Waals surface area contributed by atoms with E-state index in [-0.39, 0.29) is 0 Å². The van der Waals surface area contributed by atoms with E-state index in [2.05, 4.69) is 32.5 Å². The van der Waals surface area contributed by atoms with Crippen molar-refractivity contribution in [3.8, 4) is 11.3 Å². The molecule has 0 aromatic carbocycles. The van der Waals surface area contributed by atoms with Crippen LogP contribution in [-0.4, -0.2) is 43.9 Å². The molecule has 0 aliphatic carbocycles. The van der Waals surface area contributed by atoms with E-state index in [9.17, 15) is 0 Å². The molecule has 0 spiro atoms. The summed E-state index contributed by atoms with van der Waals surface area (Å²) in [6, 6.07) is 6.54. The highest BCUT2D eigenvalue weighted by atomic mass is 16.5. The first-order chi connectivity index (χ1) is 14.3. The van der Waals surface area contributed by atoms with E-state index in [1.807, 2.05) is 30.7 Å². The van der Waals surface area contributed by atoms with Crippen LogP contribution in [0.2, 0.25) is 0 Å². The van der Waals surface area contributed by atoms with E-state index in [1.54, 1.807) is 0 Å². The number of fused-ring (bicyclic) bond motifs is 4. The standard InChI is InChI=1S/C22H20N6O/c1-13-26-20-12-25-18-3-2-17(15-8-14-9-23-11-19(14)24-10-15)27-21(18)22(20)28(13)16-4-6-29-7-5-16/h2-3,8-10,12,16H,4-7,11H2,1H3. The van der Waals surface area contributed by atoms with Crippen LogP contribution in [0, 0.1) is 6.92 Å². The van der Waals surface area contributed by atoms with Gasteiger partial charge in [0.1, 0.15) is 16.9 Å². The van der Waals surface area contributed by atoms with Crippen LogP contribution in [0.5, 0.6) is 0 Å². The molecule has 2 aliphatic rings. The zero-order chi connectivity index (χ0) is 19.4. The summed E-state index contributed by atoms with van der Waals surface area (Å²) in [6.07, 6.45) is 7.61. The minimum atomic E-state index is 0.377. The van der Waals surface area contributed by atoms with Gasteiger partial charge in [-0.2, -0.15) is 0 Å². The Morgan fingerprint density at radius 2 is 1.93 bits per heavy atom. The number of aryl methyl sites for hydroxylation is 1. The molecular weight excluding hydrogens is 364 g/mol. The van der Waals surface area contributed by atoms with Crippen molar-refractivity contribution in [3.63, 3.8) is 0 Å². The predicted octanol–water partition coefficient (Wildman–Crippen LogP) is 3.63. The smallest absolute Gasteiger partial charge is 0.115 e. The molecule has 29 heavy (non-hydrogen) atoms. The van der Waals surface area contributed by atoms with E-state index in [4.69, 9.17) is 14.7 Å². The summed E-state index contributed by atoms with van der Waals surface area (Å²) in [5.41, 5.74) is 7.70. The molecule has 4 aromatic heterocycles. The van der Waals surface area contributed by atoms with Crippen molar-refractivity contribution in [3.05, 3.63) is 47.7 Å². The first-order valence-electron chi connectivity index (χ1n) is 9.99. The van der Waals surface area contributed by atoms with Gasteiger partial charge in [0.2, 0.25) is 0 Å². The normalized spacial score (nSPS) is 16.7. The van der Waals surface area contributed by atoms with Gasteiger partial charge in [0.15, 0.2) is 0 Å². The summed E-state index contributed by atoms with van der Waals surface area (Å²) in [6.45, 7) is 4.30. The van der Waals surface area contributed by atoms with Crippen LogP contribution in [0.25, 0.3) is 33.3 Å². The number of aromatic nitrogens is 5. The van der Waals surface area contributed by atoms with Gasteiger partial charge in [-0.3, -0.25) is 15.0 Å². The molecule has 6 rings (SSSR count). The summed E-state index contributed by atoms with van der Waals surface area (Å²) < 4.78 is 7.91. The van der Waals surface area contributed by atoms with Gasteiger partial charge in [-0.05, 0) is 38.0 Å². The lowest BCUT2D eigenvalue weighted by molar-refractivity contribution is 0.0701. The molecule has 0 atom stereocenters. The number of hydrogen-bond acceptors (Lipinski definition) is 6. The molecule has 1 saturated heterocycles. The molecule has 1 fully saturated rings. The number of ether oxygens (including phenoxy) is 1. The summed E-state index contributed by atoms with van der Waals surface area (Å²) >= 11 is 0. The van der Waals surface area contributed by atoms with Gasteiger partial charge >= 0.3 is 0 Å². The van der Waals surface area contributed by atoms with E-state index in [0.717, 1.165) is 76.5 Å². The first kappa shape index (κ1) is 16.7. The highest BCUT2D eigenvalue weighted by molar-refractivity contribution is 6.00. The van der Waals surface area contributed by atoms with Gasteiger partial charge in [-0.15, -0.1) is 0 Å². The molecule has 0 radical (unpaired) electrons. The summed E-state index contributed by atoms with van der Waals surface area (Å²) in [7, 11) is 0. The SMILES string of the molecule is Cc1nc2cnc3ccc(-c4cnc5c(c4)C=NC5)nc3c2n1C1CCOCC1. The van der Waals surface area contributed by atoms with E-state index < -0.39 is 0 Å². The topological polar surface area (TPSA) is 78.1 Å². The Labute approximate surface area is 167 Å². The highest BCUT2D eigenvalue weighted by Gasteiger charge is 2.22.